The molecule has 2 saturated heterocycles. The van der Waals surface area contributed by atoms with E-state index in [1.165, 1.54) is 0 Å². The summed E-state index contributed by atoms with van der Waals surface area (Å²) in [5.41, 5.74) is 6.47. The Labute approximate surface area is 190 Å². The number of ether oxygens (including phenoxy) is 1. The van der Waals surface area contributed by atoms with Crippen molar-refractivity contribution in [3.63, 3.8) is 0 Å². The van der Waals surface area contributed by atoms with Crippen molar-refractivity contribution in [2.75, 3.05) is 54.5 Å². The van der Waals surface area contributed by atoms with Crippen molar-refractivity contribution in [1.82, 2.24) is 5.01 Å². The van der Waals surface area contributed by atoms with Gasteiger partial charge in [0.2, 0.25) is 0 Å². The van der Waals surface area contributed by atoms with E-state index in [9.17, 15) is 10.4 Å². The van der Waals surface area contributed by atoms with Crippen molar-refractivity contribution in [3.8, 4) is 0 Å². The molecule has 8 heteroatoms. The SMILES string of the molecule is CN(C)N(O)c1ccc(N(O)Nc2ccccc2N2CCC3(CC2)COC(C)(C)C3)cc1. The first-order valence-electron chi connectivity index (χ1n) is 11.2. The Kier molecular flexibility index (Phi) is 6.22. The maximum absolute atomic E-state index is 10.7. The molecule has 2 aromatic carbocycles. The number of nitrogens with one attached hydrogen (secondary N) is 1. The van der Waals surface area contributed by atoms with Crippen LogP contribution in [0, 0.1) is 5.41 Å². The van der Waals surface area contributed by atoms with Crippen molar-refractivity contribution in [2.45, 2.75) is 38.7 Å². The summed E-state index contributed by atoms with van der Waals surface area (Å²) in [6, 6.07) is 15.0. The minimum Gasteiger partial charge on any atom is -0.375 e. The fraction of sp³-hybridized carbons (Fsp3) is 0.500. The summed E-state index contributed by atoms with van der Waals surface area (Å²) in [4.78, 5) is 2.39. The van der Waals surface area contributed by atoms with E-state index in [0.29, 0.717) is 16.8 Å². The summed E-state index contributed by atoms with van der Waals surface area (Å²) in [5, 5.41) is 24.3. The second-order valence-corrected chi connectivity index (χ2v) is 9.81. The zero-order valence-electron chi connectivity index (χ0n) is 19.5. The van der Waals surface area contributed by atoms with Gasteiger partial charge in [-0.05, 0) is 74.9 Å². The van der Waals surface area contributed by atoms with E-state index in [1.54, 1.807) is 43.4 Å². The monoisotopic (exact) mass is 441 g/mol. The molecular weight excluding hydrogens is 406 g/mol. The van der Waals surface area contributed by atoms with Crippen LogP contribution in [0.2, 0.25) is 0 Å². The van der Waals surface area contributed by atoms with Crippen LogP contribution in [-0.2, 0) is 4.74 Å². The predicted molar refractivity (Wildman–Crippen MR) is 127 cm³/mol. The van der Waals surface area contributed by atoms with Gasteiger partial charge in [-0.2, -0.15) is 10.3 Å². The predicted octanol–water partition coefficient (Wildman–Crippen LogP) is 4.37. The Morgan fingerprint density at radius 2 is 1.56 bits per heavy atom. The van der Waals surface area contributed by atoms with Crippen LogP contribution in [0.5, 0.6) is 0 Å². The van der Waals surface area contributed by atoms with Gasteiger partial charge in [0.25, 0.3) is 0 Å². The molecule has 0 saturated carbocycles. The van der Waals surface area contributed by atoms with Crippen molar-refractivity contribution in [3.05, 3.63) is 48.5 Å². The Balaban J connectivity index is 1.43. The lowest BCUT2D eigenvalue weighted by molar-refractivity contribution is 0.0295. The van der Waals surface area contributed by atoms with E-state index in [1.807, 2.05) is 18.2 Å². The Bertz CT molecular complexity index is 910. The number of hydrogen-bond donors (Lipinski definition) is 3. The second-order valence-electron chi connectivity index (χ2n) is 9.81. The van der Waals surface area contributed by atoms with Crippen LogP contribution in [0.25, 0.3) is 0 Å². The number of hydrazine groups is 2. The highest BCUT2D eigenvalue weighted by atomic mass is 16.5. The molecule has 0 atom stereocenters. The zero-order valence-corrected chi connectivity index (χ0v) is 19.5. The molecule has 4 rings (SSSR count). The van der Waals surface area contributed by atoms with Crippen LogP contribution in [0.4, 0.5) is 22.7 Å². The Morgan fingerprint density at radius 1 is 0.938 bits per heavy atom. The lowest BCUT2D eigenvalue weighted by Gasteiger charge is -2.40. The molecule has 2 aliphatic heterocycles. The maximum atomic E-state index is 10.7. The number of benzene rings is 2. The summed E-state index contributed by atoms with van der Waals surface area (Å²) in [6.07, 6.45) is 3.34. The normalized spacial score (nSPS) is 19.4. The Morgan fingerprint density at radius 3 is 2.16 bits per heavy atom. The maximum Gasteiger partial charge on any atom is 0.0878 e. The first-order valence-corrected chi connectivity index (χ1v) is 11.2. The second kappa shape index (κ2) is 8.78. The molecule has 0 amide bonds. The van der Waals surface area contributed by atoms with Crippen molar-refractivity contribution in [1.29, 1.82) is 0 Å². The van der Waals surface area contributed by atoms with E-state index in [0.717, 1.165) is 60.7 Å². The summed E-state index contributed by atoms with van der Waals surface area (Å²) >= 11 is 0. The molecule has 32 heavy (non-hydrogen) atoms. The third kappa shape index (κ3) is 4.78. The Hall–Kier alpha value is -2.52. The number of anilines is 4. The van der Waals surface area contributed by atoms with Crippen LogP contribution >= 0.6 is 0 Å². The van der Waals surface area contributed by atoms with Gasteiger partial charge < -0.3 is 9.64 Å². The van der Waals surface area contributed by atoms with Crippen LogP contribution in [0.3, 0.4) is 0 Å². The van der Waals surface area contributed by atoms with E-state index in [4.69, 9.17) is 4.74 Å². The molecule has 0 aromatic heterocycles. The highest BCUT2D eigenvalue weighted by Gasteiger charge is 2.45. The fourth-order valence-corrected chi connectivity index (χ4v) is 4.88. The molecule has 2 aliphatic rings. The lowest BCUT2D eigenvalue weighted by atomic mass is 9.74. The number of rotatable bonds is 6. The minimum absolute atomic E-state index is 0.0197. The molecule has 0 radical (unpaired) electrons. The topological polar surface area (TPSA) is 74.7 Å². The van der Waals surface area contributed by atoms with Gasteiger partial charge in [0, 0.05) is 27.2 Å². The highest BCUT2D eigenvalue weighted by Crippen LogP contribution is 2.47. The molecule has 2 heterocycles. The summed E-state index contributed by atoms with van der Waals surface area (Å²) in [7, 11) is 3.49. The van der Waals surface area contributed by atoms with E-state index < -0.39 is 0 Å². The third-order valence-electron chi connectivity index (χ3n) is 6.57. The van der Waals surface area contributed by atoms with Gasteiger partial charge in [-0.15, -0.1) is 0 Å². The van der Waals surface area contributed by atoms with E-state index >= 15 is 0 Å². The first-order chi connectivity index (χ1) is 15.2. The van der Waals surface area contributed by atoms with Crippen molar-refractivity contribution >= 4 is 22.7 Å². The van der Waals surface area contributed by atoms with Gasteiger partial charge in [-0.1, -0.05) is 12.1 Å². The molecular formula is C24H35N5O3. The summed E-state index contributed by atoms with van der Waals surface area (Å²) in [6.45, 7) is 7.17. The molecule has 0 unspecified atom stereocenters. The fourth-order valence-electron chi connectivity index (χ4n) is 4.88. The smallest absolute Gasteiger partial charge is 0.0878 e. The van der Waals surface area contributed by atoms with Gasteiger partial charge in [-0.3, -0.25) is 15.8 Å². The third-order valence-corrected chi connectivity index (χ3v) is 6.57. The van der Waals surface area contributed by atoms with Crippen LogP contribution < -0.4 is 20.7 Å². The van der Waals surface area contributed by atoms with Gasteiger partial charge in [0.1, 0.15) is 0 Å². The zero-order chi connectivity index (χ0) is 22.9. The molecule has 2 fully saturated rings. The molecule has 1 spiro atoms. The van der Waals surface area contributed by atoms with Gasteiger partial charge in [0.05, 0.1) is 35.0 Å². The molecule has 3 N–H and O–H groups in total. The summed E-state index contributed by atoms with van der Waals surface area (Å²) < 4.78 is 6.04. The summed E-state index contributed by atoms with van der Waals surface area (Å²) in [5.74, 6) is 0. The molecule has 0 bridgehead atoms. The first kappa shape index (κ1) is 22.7. The molecule has 8 nitrogen and oxygen atoms in total. The number of piperidine rings is 1. The van der Waals surface area contributed by atoms with E-state index in [2.05, 4.69) is 30.2 Å². The van der Waals surface area contributed by atoms with Gasteiger partial charge in [0.15, 0.2) is 0 Å². The lowest BCUT2D eigenvalue weighted by Crippen LogP contribution is -2.41. The standard InChI is InChI=1S/C24H35N5O3/c1-23(2)17-24(18-32-23)13-15-27(16-14-24)22-8-6-5-7-21(22)25-28(30)19-9-11-20(12-10-19)29(31)26(3)4/h5-12,25,30-31H,13-18H2,1-4H3. The molecule has 0 aliphatic carbocycles. The minimum atomic E-state index is -0.0197. The van der Waals surface area contributed by atoms with Crippen LogP contribution in [-0.4, -0.2) is 54.8 Å². The largest absolute Gasteiger partial charge is 0.375 e. The van der Waals surface area contributed by atoms with E-state index in [-0.39, 0.29) is 5.60 Å². The van der Waals surface area contributed by atoms with Crippen LogP contribution in [0.15, 0.2) is 48.5 Å². The van der Waals surface area contributed by atoms with Gasteiger partial charge in [-0.25, -0.2) is 5.01 Å². The van der Waals surface area contributed by atoms with Crippen molar-refractivity contribution < 1.29 is 15.2 Å². The average Bonchev–Trinajstić information content (AvgIpc) is 3.08. The number of nitrogens with zero attached hydrogens (tertiary/aromatic N) is 4. The van der Waals surface area contributed by atoms with Crippen LogP contribution in [0.1, 0.15) is 33.1 Å². The molecule has 2 aromatic rings. The van der Waals surface area contributed by atoms with Gasteiger partial charge >= 0.3 is 0 Å². The molecule has 174 valence electrons. The number of hydrogen-bond acceptors (Lipinski definition) is 8. The highest BCUT2D eigenvalue weighted by molar-refractivity contribution is 5.72. The number of para-hydroxylation sites is 2. The average molecular weight is 442 g/mol. The van der Waals surface area contributed by atoms with Crippen molar-refractivity contribution in [2.24, 2.45) is 5.41 Å². The quantitative estimate of drug-likeness (QED) is 0.571.